The Balaban J connectivity index is 2.36. The normalized spacial score (nSPS) is 13.6. The summed E-state index contributed by atoms with van der Waals surface area (Å²) in [6.45, 7) is 0. The van der Waals surface area contributed by atoms with Gasteiger partial charge in [0, 0.05) is 25.2 Å². The first kappa shape index (κ1) is 12.0. The lowest BCUT2D eigenvalue weighted by Gasteiger charge is -2.20. The van der Waals surface area contributed by atoms with Gasteiger partial charge in [-0.3, -0.25) is 4.98 Å². The van der Waals surface area contributed by atoms with Gasteiger partial charge >= 0.3 is 5.97 Å². The van der Waals surface area contributed by atoms with Crippen LogP contribution in [0.15, 0.2) is 18.2 Å². The van der Waals surface area contributed by atoms with Crippen molar-refractivity contribution in [2.45, 2.75) is 19.3 Å². The molecule has 1 aromatic heterocycles. The number of aromatic nitrogens is 1. The van der Waals surface area contributed by atoms with Crippen LogP contribution in [0.2, 0.25) is 0 Å². The molecule has 0 saturated heterocycles. The van der Waals surface area contributed by atoms with Gasteiger partial charge in [-0.25, -0.2) is 4.79 Å². The number of carboxylic acid groups (broad SMARTS) is 1. The van der Waals surface area contributed by atoms with Crippen LogP contribution in [0.25, 0.3) is 10.9 Å². The molecule has 0 spiro atoms. The van der Waals surface area contributed by atoms with Crippen LogP contribution in [0.5, 0.6) is 0 Å². The van der Waals surface area contributed by atoms with Crippen LogP contribution in [0.3, 0.4) is 0 Å². The van der Waals surface area contributed by atoms with Crippen molar-refractivity contribution >= 4 is 22.6 Å². The molecule has 1 aliphatic rings. The molecule has 98 valence electrons. The fourth-order valence-electron chi connectivity index (χ4n) is 2.88. The summed E-state index contributed by atoms with van der Waals surface area (Å²) in [6.07, 6.45) is 3.18. The molecule has 4 nitrogen and oxygen atoms in total. The predicted octanol–water partition coefficient (Wildman–Crippen LogP) is 2.49. The smallest absolute Gasteiger partial charge is 0.335 e. The molecule has 0 fully saturated rings. The van der Waals surface area contributed by atoms with Gasteiger partial charge in [0.2, 0.25) is 0 Å². The van der Waals surface area contributed by atoms with Gasteiger partial charge in [-0.1, -0.05) is 0 Å². The number of aryl methyl sites for hydroxylation is 1. The van der Waals surface area contributed by atoms with Gasteiger partial charge in [-0.05, 0) is 43.0 Å². The predicted molar refractivity (Wildman–Crippen MR) is 75.1 cm³/mol. The fourth-order valence-corrected chi connectivity index (χ4v) is 2.88. The van der Waals surface area contributed by atoms with Gasteiger partial charge in [0.05, 0.1) is 16.8 Å². The number of rotatable bonds is 2. The summed E-state index contributed by atoms with van der Waals surface area (Å²) in [5.41, 5.74) is 4.77. The van der Waals surface area contributed by atoms with Gasteiger partial charge in [0.1, 0.15) is 0 Å². The van der Waals surface area contributed by atoms with E-state index in [1.54, 1.807) is 12.1 Å². The molecule has 1 aromatic carbocycles. The average Bonchev–Trinajstić information content (AvgIpc) is 2.81. The molecule has 0 aliphatic heterocycles. The Kier molecular flexibility index (Phi) is 2.66. The second-order valence-electron chi connectivity index (χ2n) is 5.17. The molecule has 1 aliphatic carbocycles. The largest absolute Gasteiger partial charge is 0.478 e. The van der Waals surface area contributed by atoms with E-state index >= 15 is 0 Å². The summed E-state index contributed by atoms with van der Waals surface area (Å²) in [5.74, 6) is -0.896. The van der Waals surface area contributed by atoms with E-state index in [2.05, 4.69) is 9.88 Å². The molecule has 0 bridgehead atoms. The highest BCUT2D eigenvalue weighted by Crippen LogP contribution is 2.35. The van der Waals surface area contributed by atoms with Crippen LogP contribution in [-0.2, 0) is 12.8 Å². The number of carboxylic acids is 1. The van der Waals surface area contributed by atoms with Crippen molar-refractivity contribution in [2.75, 3.05) is 19.0 Å². The zero-order valence-corrected chi connectivity index (χ0v) is 11.1. The zero-order chi connectivity index (χ0) is 13.6. The minimum Gasteiger partial charge on any atom is -0.478 e. The summed E-state index contributed by atoms with van der Waals surface area (Å²) in [5, 5.41) is 10.1. The molecular formula is C15H16N2O2. The minimum atomic E-state index is -0.896. The van der Waals surface area contributed by atoms with Gasteiger partial charge in [0.15, 0.2) is 0 Å². The van der Waals surface area contributed by atoms with Crippen LogP contribution in [0, 0.1) is 0 Å². The van der Waals surface area contributed by atoms with Crippen molar-refractivity contribution in [3.63, 3.8) is 0 Å². The van der Waals surface area contributed by atoms with Crippen molar-refractivity contribution in [1.82, 2.24) is 4.98 Å². The first-order valence-corrected chi connectivity index (χ1v) is 6.44. The number of benzene rings is 1. The van der Waals surface area contributed by atoms with E-state index in [1.165, 1.54) is 11.3 Å². The average molecular weight is 256 g/mol. The first-order valence-electron chi connectivity index (χ1n) is 6.44. The topological polar surface area (TPSA) is 53.4 Å². The molecular weight excluding hydrogens is 240 g/mol. The van der Waals surface area contributed by atoms with Crippen LogP contribution < -0.4 is 4.90 Å². The first-order chi connectivity index (χ1) is 9.08. The Morgan fingerprint density at radius 1 is 1.32 bits per heavy atom. The van der Waals surface area contributed by atoms with Gasteiger partial charge in [0.25, 0.3) is 0 Å². The number of carbonyl (C=O) groups is 1. The van der Waals surface area contributed by atoms with E-state index in [0.29, 0.717) is 5.56 Å². The third-order valence-corrected chi connectivity index (χ3v) is 3.68. The molecule has 0 atom stereocenters. The lowest BCUT2D eigenvalue weighted by atomic mass is 10.0. The standard InChI is InChI=1S/C15H16N2O2/c1-17(2)14-10-4-3-5-12(10)16-13-7-6-9(15(18)19)8-11(13)14/h6-8H,3-5H2,1-2H3,(H,18,19). The molecule has 0 unspecified atom stereocenters. The minimum absolute atomic E-state index is 0.315. The molecule has 1 heterocycles. The fraction of sp³-hybridized carbons (Fsp3) is 0.333. The number of hydrogen-bond acceptors (Lipinski definition) is 3. The van der Waals surface area contributed by atoms with E-state index in [4.69, 9.17) is 5.11 Å². The van der Waals surface area contributed by atoms with Gasteiger partial charge in [-0.2, -0.15) is 0 Å². The summed E-state index contributed by atoms with van der Waals surface area (Å²) in [4.78, 5) is 17.9. The number of pyridine rings is 1. The highest BCUT2D eigenvalue weighted by molar-refractivity contribution is 5.99. The van der Waals surface area contributed by atoms with Crippen molar-refractivity contribution in [1.29, 1.82) is 0 Å². The molecule has 0 radical (unpaired) electrons. The lowest BCUT2D eigenvalue weighted by molar-refractivity contribution is 0.0697. The number of fused-ring (bicyclic) bond motifs is 2. The van der Waals surface area contributed by atoms with Crippen LogP contribution >= 0.6 is 0 Å². The third-order valence-electron chi connectivity index (χ3n) is 3.68. The van der Waals surface area contributed by atoms with E-state index in [1.807, 2.05) is 20.2 Å². The van der Waals surface area contributed by atoms with E-state index in [9.17, 15) is 4.79 Å². The van der Waals surface area contributed by atoms with E-state index < -0.39 is 5.97 Å². The highest BCUT2D eigenvalue weighted by atomic mass is 16.4. The van der Waals surface area contributed by atoms with Crippen molar-refractivity contribution in [3.8, 4) is 0 Å². The highest BCUT2D eigenvalue weighted by Gasteiger charge is 2.21. The molecule has 4 heteroatoms. The summed E-state index contributed by atoms with van der Waals surface area (Å²) in [6, 6.07) is 5.17. The van der Waals surface area contributed by atoms with Crippen LogP contribution in [0.4, 0.5) is 5.69 Å². The number of hydrogen-bond donors (Lipinski definition) is 1. The number of aromatic carboxylic acids is 1. The maximum absolute atomic E-state index is 11.1. The van der Waals surface area contributed by atoms with Crippen molar-refractivity contribution < 1.29 is 9.90 Å². The Morgan fingerprint density at radius 3 is 2.79 bits per heavy atom. The Labute approximate surface area is 111 Å². The van der Waals surface area contributed by atoms with Crippen LogP contribution in [-0.4, -0.2) is 30.2 Å². The Hall–Kier alpha value is -2.10. The second-order valence-corrected chi connectivity index (χ2v) is 5.17. The van der Waals surface area contributed by atoms with Crippen LogP contribution in [0.1, 0.15) is 28.0 Å². The maximum atomic E-state index is 11.1. The molecule has 2 aromatic rings. The molecule has 3 rings (SSSR count). The molecule has 19 heavy (non-hydrogen) atoms. The molecule has 0 amide bonds. The van der Waals surface area contributed by atoms with E-state index in [-0.39, 0.29) is 0 Å². The van der Waals surface area contributed by atoms with E-state index in [0.717, 1.165) is 35.9 Å². The van der Waals surface area contributed by atoms with Crippen molar-refractivity contribution in [2.24, 2.45) is 0 Å². The second kappa shape index (κ2) is 4.23. The summed E-state index contributed by atoms with van der Waals surface area (Å²) >= 11 is 0. The Morgan fingerprint density at radius 2 is 2.11 bits per heavy atom. The maximum Gasteiger partial charge on any atom is 0.335 e. The lowest BCUT2D eigenvalue weighted by Crippen LogP contribution is -2.13. The zero-order valence-electron chi connectivity index (χ0n) is 11.1. The SMILES string of the molecule is CN(C)c1c2c(nc3ccc(C(=O)O)cc13)CCC2. The quantitative estimate of drug-likeness (QED) is 0.897. The number of nitrogens with zero attached hydrogens (tertiary/aromatic N) is 2. The van der Waals surface area contributed by atoms with Gasteiger partial charge in [-0.15, -0.1) is 0 Å². The monoisotopic (exact) mass is 256 g/mol. The third kappa shape index (κ3) is 1.84. The summed E-state index contributed by atoms with van der Waals surface area (Å²) < 4.78 is 0. The Bertz CT molecular complexity index is 677. The van der Waals surface area contributed by atoms with Crippen molar-refractivity contribution in [3.05, 3.63) is 35.0 Å². The molecule has 0 saturated carbocycles. The van der Waals surface area contributed by atoms with Gasteiger partial charge < -0.3 is 10.0 Å². The molecule has 1 N–H and O–H groups in total. The number of anilines is 1. The summed E-state index contributed by atoms with van der Waals surface area (Å²) in [7, 11) is 4.00.